The van der Waals surface area contributed by atoms with Gasteiger partial charge in [0.05, 0.1) is 17.6 Å². The molecular formula is C22H32N4O2. The van der Waals surface area contributed by atoms with Gasteiger partial charge in [0.2, 0.25) is 11.8 Å². The average Bonchev–Trinajstić information content (AvgIpc) is 3.42. The summed E-state index contributed by atoms with van der Waals surface area (Å²) in [5.74, 6) is 1.91. The smallest absolute Gasteiger partial charge is 0.242 e. The number of hydrogen-bond acceptors (Lipinski definition) is 3. The van der Waals surface area contributed by atoms with E-state index < -0.39 is 0 Å². The van der Waals surface area contributed by atoms with Gasteiger partial charge in [0.25, 0.3) is 0 Å². The molecule has 0 radical (unpaired) electrons. The molecule has 1 N–H and O–H groups in total. The largest absolute Gasteiger partial charge is 0.349 e. The summed E-state index contributed by atoms with van der Waals surface area (Å²) in [7, 11) is 0. The predicted octanol–water partition coefficient (Wildman–Crippen LogP) is 3.20. The van der Waals surface area contributed by atoms with Crippen LogP contribution in [0, 0.1) is 17.8 Å². The second-order valence-electron chi connectivity index (χ2n) is 8.68. The van der Waals surface area contributed by atoms with Crippen LogP contribution >= 0.6 is 0 Å². The van der Waals surface area contributed by atoms with E-state index in [0.29, 0.717) is 18.4 Å². The number of carbonyl (C=O) groups is 2. The van der Waals surface area contributed by atoms with Gasteiger partial charge in [0.1, 0.15) is 12.4 Å². The topological polar surface area (TPSA) is 67.2 Å². The Morgan fingerprint density at radius 2 is 1.79 bits per heavy atom. The number of imidazole rings is 1. The molecule has 1 heterocycles. The summed E-state index contributed by atoms with van der Waals surface area (Å²) >= 11 is 0. The molecule has 1 aromatic heterocycles. The number of rotatable bonds is 9. The molecule has 6 nitrogen and oxygen atoms in total. The summed E-state index contributed by atoms with van der Waals surface area (Å²) in [6.45, 7) is 10.6. The minimum Gasteiger partial charge on any atom is -0.349 e. The molecule has 1 fully saturated rings. The van der Waals surface area contributed by atoms with Crippen LogP contribution in [0.2, 0.25) is 0 Å². The van der Waals surface area contributed by atoms with Crippen molar-refractivity contribution in [2.75, 3.05) is 13.1 Å². The summed E-state index contributed by atoms with van der Waals surface area (Å²) in [4.78, 5) is 31.8. The summed E-state index contributed by atoms with van der Waals surface area (Å²) in [5, 5.41) is 2.98. The monoisotopic (exact) mass is 384 g/mol. The fourth-order valence-electron chi connectivity index (χ4n) is 3.49. The Balaban J connectivity index is 1.81. The minimum atomic E-state index is 0.0891. The SMILES string of the molecule is CC(C)CN(CC(C)C)C(=O)Cn1c(CNC(=O)C2CC2)nc2ccccc21. The Morgan fingerprint density at radius 3 is 2.39 bits per heavy atom. The average molecular weight is 385 g/mol. The maximum Gasteiger partial charge on any atom is 0.242 e. The van der Waals surface area contributed by atoms with Crippen LogP contribution in [-0.4, -0.2) is 39.4 Å². The van der Waals surface area contributed by atoms with Crippen molar-refractivity contribution in [1.29, 1.82) is 0 Å². The Labute approximate surface area is 167 Å². The third-order valence-electron chi connectivity index (χ3n) is 4.92. The van der Waals surface area contributed by atoms with Crippen molar-refractivity contribution in [3.8, 4) is 0 Å². The molecule has 0 atom stereocenters. The molecule has 0 unspecified atom stereocenters. The van der Waals surface area contributed by atoms with Crippen LogP contribution in [0.1, 0.15) is 46.4 Å². The van der Waals surface area contributed by atoms with Crippen molar-refractivity contribution in [3.63, 3.8) is 0 Å². The standard InChI is InChI=1S/C22H32N4O2/c1-15(2)12-25(13-16(3)4)21(27)14-26-19-8-6-5-7-18(19)24-20(26)11-23-22(28)17-9-10-17/h5-8,15-17H,9-14H2,1-4H3,(H,23,28). The van der Waals surface area contributed by atoms with E-state index in [1.165, 1.54) is 0 Å². The molecule has 2 amide bonds. The van der Waals surface area contributed by atoms with Crippen LogP contribution in [0.15, 0.2) is 24.3 Å². The number of para-hydroxylation sites is 2. The van der Waals surface area contributed by atoms with E-state index in [4.69, 9.17) is 0 Å². The maximum atomic E-state index is 13.1. The second kappa shape index (κ2) is 8.76. The van der Waals surface area contributed by atoms with E-state index in [1.807, 2.05) is 33.7 Å². The highest BCUT2D eigenvalue weighted by Gasteiger charge is 2.29. The van der Waals surface area contributed by atoms with E-state index in [9.17, 15) is 9.59 Å². The van der Waals surface area contributed by atoms with Crippen molar-refractivity contribution in [2.45, 2.75) is 53.6 Å². The zero-order valence-electron chi connectivity index (χ0n) is 17.4. The molecule has 0 bridgehead atoms. The second-order valence-corrected chi connectivity index (χ2v) is 8.68. The summed E-state index contributed by atoms with van der Waals surface area (Å²) < 4.78 is 1.96. The Morgan fingerprint density at radius 1 is 1.14 bits per heavy atom. The van der Waals surface area contributed by atoms with Crippen molar-refractivity contribution >= 4 is 22.8 Å². The normalized spacial score (nSPS) is 14.1. The third-order valence-corrected chi connectivity index (χ3v) is 4.92. The fraction of sp³-hybridized carbons (Fsp3) is 0.591. The lowest BCUT2D eigenvalue weighted by Crippen LogP contribution is -2.39. The van der Waals surface area contributed by atoms with E-state index in [1.54, 1.807) is 0 Å². The number of nitrogens with zero attached hydrogens (tertiary/aromatic N) is 3. The first-order valence-electron chi connectivity index (χ1n) is 10.3. The first kappa shape index (κ1) is 20.4. The van der Waals surface area contributed by atoms with E-state index in [0.717, 1.165) is 42.8 Å². The number of nitrogens with one attached hydrogen (secondary N) is 1. The minimum absolute atomic E-state index is 0.0891. The number of amides is 2. The van der Waals surface area contributed by atoms with Gasteiger partial charge >= 0.3 is 0 Å². The number of hydrogen-bond donors (Lipinski definition) is 1. The van der Waals surface area contributed by atoms with Gasteiger partial charge in [-0.15, -0.1) is 0 Å². The molecule has 1 saturated carbocycles. The molecule has 6 heteroatoms. The quantitative estimate of drug-likeness (QED) is 0.722. The van der Waals surface area contributed by atoms with Crippen LogP contribution in [-0.2, 0) is 22.7 Å². The first-order chi connectivity index (χ1) is 13.3. The van der Waals surface area contributed by atoms with Crippen LogP contribution < -0.4 is 5.32 Å². The van der Waals surface area contributed by atoms with Gasteiger partial charge in [0.15, 0.2) is 0 Å². The van der Waals surface area contributed by atoms with Crippen LogP contribution in [0.5, 0.6) is 0 Å². The highest BCUT2D eigenvalue weighted by Crippen LogP contribution is 2.29. The van der Waals surface area contributed by atoms with Crippen molar-refractivity contribution in [2.24, 2.45) is 17.8 Å². The Kier molecular flexibility index (Phi) is 6.37. The van der Waals surface area contributed by atoms with Gasteiger partial charge in [-0.25, -0.2) is 4.98 Å². The van der Waals surface area contributed by atoms with Gasteiger partial charge in [-0.3, -0.25) is 9.59 Å². The lowest BCUT2D eigenvalue weighted by Gasteiger charge is -2.27. The zero-order valence-corrected chi connectivity index (χ0v) is 17.4. The lowest BCUT2D eigenvalue weighted by atomic mass is 10.1. The van der Waals surface area contributed by atoms with Gasteiger partial charge in [-0.05, 0) is 36.8 Å². The van der Waals surface area contributed by atoms with E-state index >= 15 is 0 Å². The molecule has 0 aliphatic heterocycles. The van der Waals surface area contributed by atoms with E-state index in [-0.39, 0.29) is 24.3 Å². The molecule has 1 aliphatic carbocycles. The molecule has 28 heavy (non-hydrogen) atoms. The maximum absolute atomic E-state index is 13.1. The van der Waals surface area contributed by atoms with Crippen molar-refractivity contribution < 1.29 is 9.59 Å². The number of aromatic nitrogens is 2. The van der Waals surface area contributed by atoms with E-state index in [2.05, 4.69) is 38.0 Å². The molecule has 152 valence electrons. The Hall–Kier alpha value is -2.37. The van der Waals surface area contributed by atoms with Gasteiger partial charge in [0, 0.05) is 19.0 Å². The number of carbonyl (C=O) groups excluding carboxylic acids is 2. The molecule has 1 aliphatic rings. The predicted molar refractivity (Wildman–Crippen MR) is 111 cm³/mol. The zero-order chi connectivity index (χ0) is 20.3. The van der Waals surface area contributed by atoms with Gasteiger partial charge < -0.3 is 14.8 Å². The molecule has 3 rings (SSSR count). The highest BCUT2D eigenvalue weighted by molar-refractivity contribution is 5.82. The first-order valence-corrected chi connectivity index (χ1v) is 10.3. The summed E-state index contributed by atoms with van der Waals surface area (Å²) in [5.41, 5.74) is 1.78. The van der Waals surface area contributed by atoms with Crippen molar-refractivity contribution in [1.82, 2.24) is 19.8 Å². The molecule has 1 aromatic carbocycles. The fourth-order valence-corrected chi connectivity index (χ4v) is 3.49. The van der Waals surface area contributed by atoms with Crippen LogP contribution in [0.3, 0.4) is 0 Å². The Bertz CT molecular complexity index is 826. The summed E-state index contributed by atoms with van der Waals surface area (Å²) in [6, 6.07) is 7.83. The molecule has 2 aromatic rings. The van der Waals surface area contributed by atoms with Crippen molar-refractivity contribution in [3.05, 3.63) is 30.1 Å². The third kappa shape index (κ3) is 5.12. The molecule has 0 spiro atoms. The number of fused-ring (bicyclic) bond motifs is 1. The van der Waals surface area contributed by atoms with Crippen LogP contribution in [0.4, 0.5) is 0 Å². The highest BCUT2D eigenvalue weighted by atomic mass is 16.2. The van der Waals surface area contributed by atoms with Gasteiger partial charge in [-0.2, -0.15) is 0 Å². The number of benzene rings is 1. The molecular weight excluding hydrogens is 352 g/mol. The van der Waals surface area contributed by atoms with Crippen LogP contribution in [0.25, 0.3) is 11.0 Å². The molecule has 0 saturated heterocycles. The lowest BCUT2D eigenvalue weighted by molar-refractivity contribution is -0.132. The summed E-state index contributed by atoms with van der Waals surface area (Å²) in [6.07, 6.45) is 1.94. The van der Waals surface area contributed by atoms with Gasteiger partial charge in [-0.1, -0.05) is 39.8 Å².